The van der Waals surface area contributed by atoms with Gasteiger partial charge in [-0.3, -0.25) is 0 Å². The number of thioether (sulfide) groups is 1. The van der Waals surface area contributed by atoms with Crippen LogP contribution in [0.15, 0.2) is 6.07 Å². The van der Waals surface area contributed by atoms with Crippen molar-refractivity contribution in [2.45, 2.75) is 26.3 Å². The van der Waals surface area contributed by atoms with E-state index in [0.717, 1.165) is 30.4 Å². The molecule has 0 fully saturated rings. The Balaban J connectivity index is 2.63. The van der Waals surface area contributed by atoms with Gasteiger partial charge >= 0.3 is 0 Å². The van der Waals surface area contributed by atoms with Crippen LogP contribution in [0.2, 0.25) is 0 Å². The molecule has 1 unspecified atom stereocenters. The van der Waals surface area contributed by atoms with Crippen molar-refractivity contribution in [3.8, 4) is 0 Å². The minimum Gasteiger partial charge on any atom is -0.370 e. The first-order valence-electron chi connectivity index (χ1n) is 5.79. The number of anilines is 3. The van der Waals surface area contributed by atoms with Crippen LogP contribution < -0.4 is 16.4 Å². The molecule has 0 saturated heterocycles. The van der Waals surface area contributed by atoms with Crippen molar-refractivity contribution < 1.29 is 0 Å². The van der Waals surface area contributed by atoms with Gasteiger partial charge in [0, 0.05) is 18.7 Å². The van der Waals surface area contributed by atoms with Gasteiger partial charge in [0.05, 0.1) is 0 Å². The van der Waals surface area contributed by atoms with E-state index in [0.29, 0.717) is 12.0 Å². The Bertz CT molecular complexity index is 345. The number of nitrogen functional groups attached to an aromatic ring is 1. The highest BCUT2D eigenvalue weighted by molar-refractivity contribution is 7.98. The molecule has 0 aliphatic rings. The van der Waals surface area contributed by atoms with Crippen LogP contribution in [0.4, 0.5) is 17.6 Å². The van der Waals surface area contributed by atoms with E-state index >= 15 is 0 Å². The van der Waals surface area contributed by atoms with Gasteiger partial charge in [0.15, 0.2) is 0 Å². The number of nitrogens with zero attached hydrogens (tertiary/aromatic N) is 2. The van der Waals surface area contributed by atoms with Gasteiger partial charge in [-0.15, -0.1) is 0 Å². The van der Waals surface area contributed by atoms with E-state index in [1.807, 2.05) is 24.8 Å². The molecule has 1 atom stereocenters. The highest BCUT2D eigenvalue weighted by Crippen LogP contribution is 2.14. The van der Waals surface area contributed by atoms with Crippen LogP contribution in [0.1, 0.15) is 20.3 Å². The monoisotopic (exact) mass is 255 g/mol. The van der Waals surface area contributed by atoms with E-state index in [1.165, 1.54) is 0 Å². The molecule has 0 radical (unpaired) electrons. The van der Waals surface area contributed by atoms with Gasteiger partial charge in [-0.05, 0) is 32.3 Å². The lowest BCUT2D eigenvalue weighted by atomic mass is 10.2. The lowest BCUT2D eigenvalue weighted by Gasteiger charge is -2.14. The van der Waals surface area contributed by atoms with E-state index < -0.39 is 0 Å². The summed E-state index contributed by atoms with van der Waals surface area (Å²) in [5.74, 6) is 2.97. The van der Waals surface area contributed by atoms with E-state index in [2.05, 4.69) is 33.8 Å². The average Bonchev–Trinajstić information content (AvgIpc) is 2.26. The summed E-state index contributed by atoms with van der Waals surface area (Å²) < 4.78 is 0. The molecular weight excluding hydrogens is 234 g/mol. The zero-order chi connectivity index (χ0) is 12.7. The van der Waals surface area contributed by atoms with Gasteiger partial charge in [0.25, 0.3) is 0 Å². The molecule has 0 bridgehead atoms. The Morgan fingerprint density at radius 2 is 2.12 bits per heavy atom. The molecule has 5 nitrogen and oxygen atoms in total. The molecule has 0 saturated carbocycles. The fourth-order valence-electron chi connectivity index (χ4n) is 1.43. The molecule has 0 aliphatic heterocycles. The predicted molar refractivity (Wildman–Crippen MR) is 76.7 cm³/mol. The van der Waals surface area contributed by atoms with Crippen LogP contribution >= 0.6 is 11.8 Å². The Hall–Kier alpha value is -1.17. The van der Waals surface area contributed by atoms with Crippen LogP contribution in [-0.2, 0) is 0 Å². The van der Waals surface area contributed by atoms with Crippen LogP contribution in [0.3, 0.4) is 0 Å². The molecule has 6 heteroatoms. The standard InChI is InChI=1S/C11H21N5S/c1-4-13-9-7-10(16-11(12)15-9)14-8(2)5-6-17-3/h7-8H,4-6H2,1-3H3,(H4,12,13,14,15,16). The maximum absolute atomic E-state index is 5.66. The van der Waals surface area contributed by atoms with Crippen molar-refractivity contribution in [3.05, 3.63) is 6.07 Å². The second kappa shape index (κ2) is 7.21. The number of aromatic nitrogens is 2. The number of rotatable bonds is 7. The van der Waals surface area contributed by atoms with Gasteiger partial charge in [0.2, 0.25) is 5.95 Å². The SMILES string of the molecule is CCNc1cc(NC(C)CCSC)nc(N)n1. The maximum Gasteiger partial charge on any atom is 0.223 e. The summed E-state index contributed by atoms with van der Waals surface area (Å²) >= 11 is 1.85. The van der Waals surface area contributed by atoms with E-state index in [1.54, 1.807) is 0 Å². The van der Waals surface area contributed by atoms with Crippen molar-refractivity contribution in [1.29, 1.82) is 0 Å². The molecule has 0 aromatic carbocycles. The summed E-state index contributed by atoms with van der Waals surface area (Å²) in [4.78, 5) is 8.28. The zero-order valence-corrected chi connectivity index (χ0v) is 11.5. The fourth-order valence-corrected chi connectivity index (χ4v) is 2.02. The fraction of sp³-hybridized carbons (Fsp3) is 0.636. The molecule has 1 aromatic rings. The highest BCUT2D eigenvalue weighted by atomic mass is 32.2. The smallest absolute Gasteiger partial charge is 0.223 e. The molecule has 1 rings (SSSR count). The maximum atomic E-state index is 5.66. The van der Waals surface area contributed by atoms with Crippen LogP contribution in [0.25, 0.3) is 0 Å². The quantitative estimate of drug-likeness (QED) is 0.692. The van der Waals surface area contributed by atoms with Crippen molar-refractivity contribution in [2.24, 2.45) is 0 Å². The van der Waals surface area contributed by atoms with Gasteiger partial charge in [-0.2, -0.15) is 21.7 Å². The third kappa shape index (κ3) is 5.12. The number of hydrogen-bond acceptors (Lipinski definition) is 6. The van der Waals surface area contributed by atoms with Crippen LogP contribution in [0.5, 0.6) is 0 Å². The third-order valence-corrected chi connectivity index (χ3v) is 2.89. The highest BCUT2D eigenvalue weighted by Gasteiger charge is 2.05. The zero-order valence-electron chi connectivity index (χ0n) is 10.7. The predicted octanol–water partition coefficient (Wildman–Crippen LogP) is 2.04. The van der Waals surface area contributed by atoms with Crippen molar-refractivity contribution in [3.63, 3.8) is 0 Å². The van der Waals surface area contributed by atoms with E-state index in [9.17, 15) is 0 Å². The molecule has 0 aliphatic carbocycles. The second-order valence-corrected chi connectivity index (χ2v) is 4.84. The summed E-state index contributed by atoms with van der Waals surface area (Å²) in [7, 11) is 0. The number of nitrogens with one attached hydrogen (secondary N) is 2. The first kappa shape index (κ1) is 13.9. The number of nitrogens with two attached hydrogens (primary N) is 1. The molecule has 1 aromatic heterocycles. The normalized spacial score (nSPS) is 12.2. The summed E-state index contributed by atoms with van der Waals surface area (Å²) in [6.07, 6.45) is 3.21. The molecule has 0 spiro atoms. The Labute approximate surface area is 107 Å². The van der Waals surface area contributed by atoms with E-state index in [4.69, 9.17) is 5.73 Å². The van der Waals surface area contributed by atoms with Crippen LogP contribution in [-0.4, -0.2) is 34.6 Å². The van der Waals surface area contributed by atoms with Gasteiger partial charge < -0.3 is 16.4 Å². The molecule has 1 heterocycles. The van der Waals surface area contributed by atoms with Crippen molar-refractivity contribution in [2.75, 3.05) is 34.9 Å². The summed E-state index contributed by atoms with van der Waals surface area (Å²) in [6, 6.07) is 2.27. The molecule has 17 heavy (non-hydrogen) atoms. The molecule has 96 valence electrons. The van der Waals surface area contributed by atoms with E-state index in [-0.39, 0.29) is 0 Å². The van der Waals surface area contributed by atoms with Gasteiger partial charge in [-0.1, -0.05) is 0 Å². The molecule has 4 N–H and O–H groups in total. The third-order valence-electron chi connectivity index (χ3n) is 2.25. The Morgan fingerprint density at radius 3 is 2.76 bits per heavy atom. The topological polar surface area (TPSA) is 75.9 Å². The average molecular weight is 255 g/mol. The van der Waals surface area contributed by atoms with Gasteiger partial charge in [0.1, 0.15) is 11.6 Å². The summed E-state index contributed by atoms with van der Waals surface area (Å²) in [6.45, 7) is 4.98. The van der Waals surface area contributed by atoms with Crippen molar-refractivity contribution >= 4 is 29.3 Å². The lowest BCUT2D eigenvalue weighted by Crippen LogP contribution is -2.17. The minimum absolute atomic E-state index is 0.294. The summed E-state index contributed by atoms with van der Waals surface area (Å²) in [5.41, 5.74) is 5.66. The molecule has 0 amide bonds. The largest absolute Gasteiger partial charge is 0.370 e. The van der Waals surface area contributed by atoms with Gasteiger partial charge in [-0.25, -0.2) is 0 Å². The van der Waals surface area contributed by atoms with Crippen molar-refractivity contribution in [1.82, 2.24) is 9.97 Å². The number of hydrogen-bond donors (Lipinski definition) is 3. The summed E-state index contributed by atoms with van der Waals surface area (Å²) in [5, 5.41) is 6.46. The van der Waals surface area contributed by atoms with Crippen LogP contribution in [0, 0.1) is 0 Å². The first-order valence-corrected chi connectivity index (χ1v) is 7.19. The molecular formula is C11H21N5S. The first-order chi connectivity index (χ1) is 8.15. The Kier molecular flexibility index (Phi) is 5.90. The second-order valence-electron chi connectivity index (χ2n) is 3.85. The minimum atomic E-state index is 0.294. The Morgan fingerprint density at radius 1 is 1.41 bits per heavy atom. The lowest BCUT2D eigenvalue weighted by molar-refractivity contribution is 0.766.